The number of hydrogen-bond donors (Lipinski definition) is 2. The topological polar surface area (TPSA) is 69.6 Å². The van der Waals surface area contributed by atoms with Crippen molar-refractivity contribution in [2.75, 3.05) is 27.2 Å². The van der Waals surface area contributed by atoms with Gasteiger partial charge in [0.1, 0.15) is 5.01 Å². The van der Waals surface area contributed by atoms with E-state index in [1.165, 1.54) is 0 Å². The molecule has 6 nitrogen and oxygen atoms in total. The van der Waals surface area contributed by atoms with Crippen LogP contribution in [0.1, 0.15) is 30.0 Å². The van der Waals surface area contributed by atoms with Gasteiger partial charge >= 0.3 is 6.18 Å². The summed E-state index contributed by atoms with van der Waals surface area (Å²) >= 11 is 0.974. The van der Waals surface area contributed by atoms with Gasteiger partial charge in [-0.1, -0.05) is 0 Å². The molecule has 2 heterocycles. The molecule has 1 aromatic heterocycles. The van der Waals surface area contributed by atoms with Crippen LogP contribution in [0.25, 0.3) is 0 Å². The van der Waals surface area contributed by atoms with Crippen molar-refractivity contribution in [1.82, 2.24) is 20.5 Å². The molecule has 2 N–H and O–H groups in total. The van der Waals surface area contributed by atoms with Crippen molar-refractivity contribution in [3.05, 3.63) is 16.1 Å². The second-order valence-corrected chi connectivity index (χ2v) is 6.78. The maximum Gasteiger partial charge on any atom is 0.434 e. The van der Waals surface area contributed by atoms with E-state index in [0.29, 0.717) is 23.3 Å². The average Bonchev–Trinajstić information content (AvgIpc) is 3.06. The maximum atomic E-state index is 12.6. The molecule has 11 heteroatoms. The highest BCUT2D eigenvalue weighted by Gasteiger charge is 2.33. The van der Waals surface area contributed by atoms with E-state index >= 15 is 0 Å². The lowest BCUT2D eigenvalue weighted by atomic mass is 9.93. The van der Waals surface area contributed by atoms with Crippen molar-refractivity contribution < 1.29 is 18.0 Å². The highest BCUT2D eigenvalue weighted by Crippen LogP contribution is 2.30. The standard InChI is InChI=1S/C15H22F3N5OS.HI/c1-19-12(24)7-10-3-5-23(6-4-10)14(20-2)21-8-13-22-11(9-25-13)15(16,17)18;/h9-10H,3-8H2,1-2H3,(H,19,24)(H,20,21);1H. The minimum absolute atomic E-state index is 0. The maximum absolute atomic E-state index is 12.6. The van der Waals surface area contributed by atoms with Crippen LogP contribution in [0.5, 0.6) is 0 Å². The summed E-state index contributed by atoms with van der Waals surface area (Å²) in [6.45, 7) is 1.71. The van der Waals surface area contributed by atoms with Gasteiger partial charge in [0.05, 0.1) is 6.54 Å². The molecule has 1 aromatic rings. The number of amides is 1. The van der Waals surface area contributed by atoms with Gasteiger partial charge in [-0.15, -0.1) is 35.3 Å². The molecule has 1 aliphatic rings. The molecule has 0 aliphatic carbocycles. The Morgan fingerprint density at radius 3 is 2.58 bits per heavy atom. The van der Waals surface area contributed by atoms with Crippen LogP contribution in [-0.2, 0) is 17.5 Å². The lowest BCUT2D eigenvalue weighted by molar-refractivity contribution is -0.140. The number of halogens is 4. The monoisotopic (exact) mass is 505 g/mol. The van der Waals surface area contributed by atoms with Gasteiger partial charge in [0.15, 0.2) is 11.7 Å². The Morgan fingerprint density at radius 2 is 2.08 bits per heavy atom. The lowest BCUT2D eigenvalue weighted by Crippen LogP contribution is -2.45. The zero-order valence-corrected chi connectivity index (χ0v) is 17.7. The van der Waals surface area contributed by atoms with E-state index in [4.69, 9.17) is 0 Å². The van der Waals surface area contributed by atoms with E-state index in [9.17, 15) is 18.0 Å². The Labute approximate surface area is 171 Å². The first-order chi connectivity index (χ1) is 11.8. The van der Waals surface area contributed by atoms with Crippen LogP contribution in [0.4, 0.5) is 13.2 Å². The predicted octanol–water partition coefficient (Wildman–Crippen LogP) is 2.70. The van der Waals surface area contributed by atoms with Crippen LogP contribution in [0.2, 0.25) is 0 Å². The van der Waals surface area contributed by atoms with Crippen LogP contribution in [0, 0.1) is 5.92 Å². The quantitative estimate of drug-likeness (QED) is 0.375. The first kappa shape index (κ1) is 22.9. The summed E-state index contributed by atoms with van der Waals surface area (Å²) in [7, 11) is 3.27. The van der Waals surface area contributed by atoms with E-state index in [0.717, 1.165) is 42.6 Å². The Balaban J connectivity index is 0.00000338. The zero-order valence-electron chi connectivity index (χ0n) is 14.6. The number of carbonyl (C=O) groups is 1. The fourth-order valence-electron chi connectivity index (χ4n) is 2.72. The van der Waals surface area contributed by atoms with Crippen LogP contribution >= 0.6 is 35.3 Å². The van der Waals surface area contributed by atoms with Crippen molar-refractivity contribution >= 4 is 47.2 Å². The molecule has 0 unspecified atom stereocenters. The second-order valence-electron chi connectivity index (χ2n) is 5.83. The molecule has 1 amide bonds. The summed E-state index contributed by atoms with van der Waals surface area (Å²) in [5.41, 5.74) is -0.862. The molecular weight excluding hydrogens is 482 g/mol. The molecule has 26 heavy (non-hydrogen) atoms. The van der Waals surface area contributed by atoms with Gasteiger partial charge in [-0.05, 0) is 18.8 Å². The fourth-order valence-corrected chi connectivity index (χ4v) is 3.46. The highest BCUT2D eigenvalue weighted by molar-refractivity contribution is 14.0. The van der Waals surface area contributed by atoms with Gasteiger partial charge in [0, 0.05) is 39.0 Å². The van der Waals surface area contributed by atoms with Gasteiger partial charge in [-0.2, -0.15) is 13.2 Å². The smallest absolute Gasteiger partial charge is 0.359 e. The molecule has 0 radical (unpaired) electrons. The van der Waals surface area contributed by atoms with E-state index in [1.54, 1.807) is 14.1 Å². The Bertz CT molecular complexity index is 615. The van der Waals surface area contributed by atoms with Gasteiger partial charge < -0.3 is 15.5 Å². The van der Waals surface area contributed by atoms with E-state index in [1.807, 2.05) is 0 Å². The number of rotatable bonds is 4. The number of alkyl halides is 3. The molecule has 0 atom stereocenters. The number of thiazole rings is 1. The summed E-state index contributed by atoms with van der Waals surface area (Å²) in [6, 6.07) is 0. The first-order valence-electron chi connectivity index (χ1n) is 8.01. The van der Waals surface area contributed by atoms with Crippen LogP contribution in [0.3, 0.4) is 0 Å². The van der Waals surface area contributed by atoms with E-state index in [-0.39, 0.29) is 36.4 Å². The number of guanidine groups is 1. The summed E-state index contributed by atoms with van der Waals surface area (Å²) in [5, 5.41) is 7.08. The molecule has 2 rings (SSSR count). The van der Waals surface area contributed by atoms with Crippen molar-refractivity contribution in [1.29, 1.82) is 0 Å². The number of nitrogens with zero attached hydrogens (tertiary/aromatic N) is 3. The number of carbonyl (C=O) groups excluding carboxylic acids is 1. The average molecular weight is 505 g/mol. The number of likely N-dealkylation sites (tertiary alicyclic amines) is 1. The van der Waals surface area contributed by atoms with Crippen molar-refractivity contribution in [3.8, 4) is 0 Å². The first-order valence-corrected chi connectivity index (χ1v) is 8.89. The number of hydrogen-bond acceptors (Lipinski definition) is 4. The third kappa shape index (κ3) is 6.56. The number of aromatic nitrogens is 1. The van der Waals surface area contributed by atoms with Gasteiger partial charge in [0.25, 0.3) is 0 Å². The summed E-state index contributed by atoms with van der Waals surface area (Å²) in [6.07, 6.45) is -2.13. The van der Waals surface area contributed by atoms with Crippen LogP contribution in [-0.4, -0.2) is 48.9 Å². The Hall–Kier alpha value is -1.11. The van der Waals surface area contributed by atoms with Crippen LogP contribution in [0.15, 0.2) is 10.4 Å². The highest BCUT2D eigenvalue weighted by atomic mass is 127. The predicted molar refractivity (Wildman–Crippen MR) is 106 cm³/mol. The number of piperidine rings is 1. The van der Waals surface area contributed by atoms with Crippen molar-refractivity contribution in [3.63, 3.8) is 0 Å². The van der Waals surface area contributed by atoms with E-state index in [2.05, 4.69) is 25.5 Å². The summed E-state index contributed by atoms with van der Waals surface area (Å²) in [5.74, 6) is 1.04. The van der Waals surface area contributed by atoms with Crippen molar-refractivity contribution in [2.24, 2.45) is 10.9 Å². The van der Waals surface area contributed by atoms with Crippen molar-refractivity contribution in [2.45, 2.75) is 32.0 Å². The normalized spacial score (nSPS) is 16.2. The largest absolute Gasteiger partial charge is 0.434 e. The molecular formula is C15H23F3IN5OS. The number of aliphatic imine (C=N–C) groups is 1. The SMILES string of the molecule is CN=C(NCc1nc(C(F)(F)F)cs1)N1CCC(CC(=O)NC)CC1.I. The molecule has 1 fully saturated rings. The Kier molecular flexibility index (Phi) is 9.07. The van der Waals surface area contributed by atoms with Gasteiger partial charge in [-0.25, -0.2) is 4.98 Å². The molecule has 148 valence electrons. The third-order valence-electron chi connectivity index (χ3n) is 4.12. The molecule has 0 spiro atoms. The molecule has 0 aromatic carbocycles. The number of nitrogens with one attached hydrogen (secondary N) is 2. The lowest BCUT2D eigenvalue weighted by Gasteiger charge is -2.33. The Morgan fingerprint density at radius 1 is 1.42 bits per heavy atom. The molecule has 0 bridgehead atoms. The van der Waals surface area contributed by atoms with Crippen LogP contribution < -0.4 is 10.6 Å². The fraction of sp³-hybridized carbons (Fsp3) is 0.667. The zero-order chi connectivity index (χ0) is 18.4. The second kappa shape index (κ2) is 10.3. The third-order valence-corrected chi connectivity index (χ3v) is 4.97. The van der Waals surface area contributed by atoms with Gasteiger partial charge in [-0.3, -0.25) is 9.79 Å². The summed E-state index contributed by atoms with van der Waals surface area (Å²) in [4.78, 5) is 21.3. The summed E-state index contributed by atoms with van der Waals surface area (Å²) < 4.78 is 37.7. The van der Waals surface area contributed by atoms with Gasteiger partial charge in [0.2, 0.25) is 5.91 Å². The molecule has 0 saturated carbocycles. The minimum atomic E-state index is -4.41. The minimum Gasteiger partial charge on any atom is -0.359 e. The van der Waals surface area contributed by atoms with E-state index < -0.39 is 11.9 Å². The molecule has 1 saturated heterocycles. The molecule has 1 aliphatic heterocycles.